The molecule has 1 amide bonds. The average Bonchev–Trinajstić information content (AvgIpc) is 2.48. The number of amides is 1. The summed E-state index contributed by atoms with van der Waals surface area (Å²) in [7, 11) is 1.53. The first kappa shape index (κ1) is 14.7. The first-order valence-corrected chi connectivity index (χ1v) is 6.78. The van der Waals surface area contributed by atoms with Crippen LogP contribution in [-0.2, 0) is 9.53 Å². The lowest BCUT2D eigenvalue weighted by Gasteiger charge is -2.34. The second kappa shape index (κ2) is 7.16. The van der Waals surface area contributed by atoms with E-state index in [1.165, 1.54) is 7.11 Å². The molecule has 3 N–H and O–H groups in total. The molecule has 0 aromatic carbocycles. The first-order valence-electron chi connectivity index (χ1n) is 6.78. The largest absolute Gasteiger partial charge is 0.383 e. The number of nitrogens with zero attached hydrogens (tertiary/aromatic N) is 3. The molecule has 1 fully saturated rings. The van der Waals surface area contributed by atoms with E-state index in [4.69, 9.17) is 10.5 Å². The van der Waals surface area contributed by atoms with Gasteiger partial charge in [0.1, 0.15) is 6.04 Å². The predicted octanol–water partition coefficient (Wildman–Crippen LogP) is -0.465. The predicted molar refractivity (Wildman–Crippen MR) is 75.3 cm³/mol. The molecule has 7 heteroatoms. The number of nitrogens with one attached hydrogen (secondary N) is 1. The van der Waals surface area contributed by atoms with Crippen molar-refractivity contribution in [3.63, 3.8) is 0 Å². The summed E-state index contributed by atoms with van der Waals surface area (Å²) in [5, 5.41) is 11.0. The maximum Gasteiger partial charge on any atom is 0.239 e. The van der Waals surface area contributed by atoms with Gasteiger partial charge in [0.15, 0.2) is 5.82 Å². The molecule has 110 valence electrons. The second-order valence-electron chi connectivity index (χ2n) is 4.94. The van der Waals surface area contributed by atoms with Crippen molar-refractivity contribution in [1.29, 1.82) is 0 Å². The van der Waals surface area contributed by atoms with Gasteiger partial charge in [-0.2, -0.15) is 5.10 Å². The highest BCUT2D eigenvalue weighted by Gasteiger charge is 2.24. The molecular weight excluding hydrogens is 258 g/mol. The fraction of sp³-hybridized carbons (Fsp3) is 0.615. The van der Waals surface area contributed by atoms with Crippen molar-refractivity contribution >= 4 is 11.7 Å². The van der Waals surface area contributed by atoms with Crippen molar-refractivity contribution in [2.45, 2.75) is 24.9 Å². The standard InChI is InChI=1S/C13H21N5O2/c1-20-9-11(14)13(19)16-10-4-3-7-18(8-10)12-5-2-6-15-17-12/h2,5-6,10-11H,3-4,7-9,14H2,1H3,(H,16,19)/t10-,11-/m0/s1. The van der Waals surface area contributed by atoms with E-state index in [1.807, 2.05) is 12.1 Å². The minimum atomic E-state index is -0.619. The van der Waals surface area contributed by atoms with Crippen LogP contribution in [0, 0.1) is 0 Å². The Morgan fingerprint density at radius 3 is 3.25 bits per heavy atom. The smallest absolute Gasteiger partial charge is 0.239 e. The fourth-order valence-electron chi connectivity index (χ4n) is 2.33. The van der Waals surface area contributed by atoms with Gasteiger partial charge in [-0.15, -0.1) is 5.10 Å². The molecule has 1 aliphatic heterocycles. The number of ether oxygens (including phenoxy) is 1. The number of hydrogen-bond acceptors (Lipinski definition) is 6. The van der Waals surface area contributed by atoms with Gasteiger partial charge >= 0.3 is 0 Å². The zero-order valence-corrected chi connectivity index (χ0v) is 11.7. The lowest BCUT2D eigenvalue weighted by atomic mass is 10.1. The Labute approximate surface area is 118 Å². The number of methoxy groups -OCH3 is 1. The Hall–Kier alpha value is -1.73. The van der Waals surface area contributed by atoms with E-state index >= 15 is 0 Å². The van der Waals surface area contributed by atoms with E-state index in [9.17, 15) is 4.79 Å². The third kappa shape index (κ3) is 3.88. The summed E-state index contributed by atoms with van der Waals surface area (Å²) in [6, 6.07) is 3.25. The van der Waals surface area contributed by atoms with Gasteiger partial charge in [0.25, 0.3) is 0 Å². The molecule has 0 unspecified atom stereocenters. The summed E-state index contributed by atoms with van der Waals surface area (Å²) in [6.45, 7) is 1.88. The average molecular weight is 279 g/mol. The van der Waals surface area contributed by atoms with Crippen LogP contribution in [0.1, 0.15) is 12.8 Å². The zero-order chi connectivity index (χ0) is 14.4. The molecule has 2 heterocycles. The number of piperidine rings is 1. The quantitative estimate of drug-likeness (QED) is 0.757. The summed E-state index contributed by atoms with van der Waals surface area (Å²) in [5.74, 6) is 0.672. The number of carbonyl (C=O) groups excluding carboxylic acids is 1. The van der Waals surface area contributed by atoms with E-state index in [0.29, 0.717) is 0 Å². The highest BCUT2D eigenvalue weighted by atomic mass is 16.5. The maximum atomic E-state index is 11.9. The molecule has 2 atom stereocenters. The Morgan fingerprint density at radius 1 is 1.70 bits per heavy atom. The summed E-state index contributed by atoms with van der Waals surface area (Å²) >= 11 is 0. The molecular formula is C13H21N5O2. The lowest BCUT2D eigenvalue weighted by molar-refractivity contribution is -0.124. The van der Waals surface area contributed by atoms with Crippen molar-refractivity contribution < 1.29 is 9.53 Å². The number of carbonyl (C=O) groups is 1. The third-order valence-corrected chi connectivity index (χ3v) is 3.33. The summed E-state index contributed by atoms with van der Waals surface area (Å²) in [6.07, 6.45) is 3.60. The normalized spacial score (nSPS) is 20.5. The van der Waals surface area contributed by atoms with Gasteiger partial charge < -0.3 is 20.7 Å². The molecule has 0 spiro atoms. The van der Waals surface area contributed by atoms with Gasteiger partial charge in [0.2, 0.25) is 5.91 Å². The van der Waals surface area contributed by atoms with E-state index in [2.05, 4.69) is 20.4 Å². The van der Waals surface area contributed by atoms with Crippen LogP contribution >= 0.6 is 0 Å². The molecule has 1 aliphatic rings. The van der Waals surface area contributed by atoms with E-state index in [1.54, 1.807) is 6.20 Å². The Kier molecular flexibility index (Phi) is 5.25. The van der Waals surface area contributed by atoms with Crippen LogP contribution in [0.3, 0.4) is 0 Å². The minimum Gasteiger partial charge on any atom is -0.383 e. The SMILES string of the molecule is COC[C@H](N)C(=O)N[C@H]1CCCN(c2cccnn2)C1. The molecule has 2 rings (SSSR count). The number of rotatable bonds is 5. The topological polar surface area (TPSA) is 93.4 Å². The van der Waals surface area contributed by atoms with Crippen molar-refractivity contribution in [2.24, 2.45) is 5.73 Å². The summed E-state index contributed by atoms with van der Waals surface area (Å²) in [5.41, 5.74) is 5.72. The summed E-state index contributed by atoms with van der Waals surface area (Å²) < 4.78 is 4.89. The molecule has 1 aromatic rings. The zero-order valence-electron chi connectivity index (χ0n) is 11.7. The van der Waals surface area contributed by atoms with Crippen LogP contribution in [0.4, 0.5) is 5.82 Å². The highest BCUT2D eigenvalue weighted by molar-refractivity contribution is 5.82. The lowest BCUT2D eigenvalue weighted by Crippen LogP contribution is -2.53. The Morgan fingerprint density at radius 2 is 2.55 bits per heavy atom. The van der Waals surface area contributed by atoms with Crippen LogP contribution in [-0.4, -0.2) is 55.0 Å². The van der Waals surface area contributed by atoms with Crippen LogP contribution in [0.5, 0.6) is 0 Å². The van der Waals surface area contributed by atoms with Crippen molar-refractivity contribution in [3.05, 3.63) is 18.3 Å². The molecule has 0 bridgehead atoms. The second-order valence-corrected chi connectivity index (χ2v) is 4.94. The van der Waals surface area contributed by atoms with E-state index in [-0.39, 0.29) is 18.6 Å². The Balaban J connectivity index is 1.89. The molecule has 0 aliphatic carbocycles. The maximum absolute atomic E-state index is 11.9. The molecule has 0 saturated carbocycles. The van der Waals surface area contributed by atoms with Crippen molar-refractivity contribution in [3.8, 4) is 0 Å². The van der Waals surface area contributed by atoms with Crippen LogP contribution in [0.25, 0.3) is 0 Å². The molecule has 7 nitrogen and oxygen atoms in total. The van der Waals surface area contributed by atoms with Gasteiger partial charge in [-0.3, -0.25) is 4.79 Å². The van der Waals surface area contributed by atoms with Crippen molar-refractivity contribution in [1.82, 2.24) is 15.5 Å². The number of nitrogens with two attached hydrogens (primary N) is 1. The molecule has 1 saturated heterocycles. The van der Waals surface area contributed by atoms with Gasteiger partial charge in [0, 0.05) is 32.4 Å². The third-order valence-electron chi connectivity index (χ3n) is 3.33. The highest BCUT2D eigenvalue weighted by Crippen LogP contribution is 2.16. The number of anilines is 1. The van der Waals surface area contributed by atoms with Crippen molar-refractivity contribution in [2.75, 3.05) is 31.7 Å². The minimum absolute atomic E-state index is 0.0844. The number of hydrogen-bond donors (Lipinski definition) is 2. The molecule has 1 aromatic heterocycles. The van der Waals surface area contributed by atoms with Crippen LogP contribution in [0.15, 0.2) is 18.3 Å². The van der Waals surface area contributed by atoms with Gasteiger partial charge in [0.05, 0.1) is 6.61 Å². The molecule has 0 radical (unpaired) electrons. The van der Waals surface area contributed by atoms with Gasteiger partial charge in [-0.25, -0.2) is 0 Å². The fourth-order valence-corrected chi connectivity index (χ4v) is 2.33. The summed E-state index contributed by atoms with van der Waals surface area (Å²) in [4.78, 5) is 14.0. The van der Waals surface area contributed by atoms with Gasteiger partial charge in [-0.05, 0) is 25.0 Å². The van der Waals surface area contributed by atoms with E-state index < -0.39 is 6.04 Å². The molecule has 20 heavy (non-hydrogen) atoms. The van der Waals surface area contributed by atoms with Gasteiger partial charge in [-0.1, -0.05) is 0 Å². The first-order chi connectivity index (χ1) is 9.70. The number of aromatic nitrogens is 2. The van der Waals surface area contributed by atoms with Crippen LogP contribution in [0.2, 0.25) is 0 Å². The monoisotopic (exact) mass is 279 g/mol. The Bertz CT molecular complexity index is 428. The van der Waals surface area contributed by atoms with E-state index in [0.717, 1.165) is 31.7 Å². The van der Waals surface area contributed by atoms with Crippen LogP contribution < -0.4 is 16.0 Å².